The van der Waals surface area contributed by atoms with Crippen molar-refractivity contribution >= 4 is 0 Å². The summed E-state index contributed by atoms with van der Waals surface area (Å²) in [6.07, 6.45) is 4.85. The van der Waals surface area contributed by atoms with Gasteiger partial charge in [0, 0.05) is 12.0 Å². The topological polar surface area (TPSA) is 29.5 Å². The summed E-state index contributed by atoms with van der Waals surface area (Å²) >= 11 is 0. The zero-order chi connectivity index (χ0) is 7.90. The third-order valence-electron chi connectivity index (χ3n) is 3.23. The highest BCUT2D eigenvalue weighted by atomic mass is 16.5. The monoisotopic (exact) mass is 156 g/mol. The minimum atomic E-state index is -0.175. The molecule has 2 fully saturated rings. The smallest absolute Gasteiger partial charge is 0.0656 e. The summed E-state index contributed by atoms with van der Waals surface area (Å²) in [5.74, 6) is 0. The fourth-order valence-electron chi connectivity index (χ4n) is 2.18. The van der Waals surface area contributed by atoms with E-state index in [-0.39, 0.29) is 11.5 Å². The standard InChI is InChI=1S/C9H16O2/c1-7(10)9(4-5-9)8-3-2-6-11-8/h7-8,10H,2-6H2,1H3. The van der Waals surface area contributed by atoms with Crippen LogP contribution in [0.1, 0.15) is 32.6 Å². The Bertz CT molecular complexity index is 144. The number of aliphatic hydroxyl groups excluding tert-OH is 1. The van der Waals surface area contributed by atoms with Crippen LogP contribution in [0.15, 0.2) is 0 Å². The molecular weight excluding hydrogens is 140 g/mol. The lowest BCUT2D eigenvalue weighted by Crippen LogP contribution is -2.31. The van der Waals surface area contributed by atoms with Gasteiger partial charge >= 0.3 is 0 Å². The summed E-state index contributed by atoms with van der Waals surface area (Å²) in [5, 5.41) is 9.52. The molecule has 1 aliphatic heterocycles. The maximum Gasteiger partial charge on any atom is 0.0656 e. The van der Waals surface area contributed by atoms with Crippen LogP contribution in [-0.4, -0.2) is 23.9 Å². The summed E-state index contributed by atoms with van der Waals surface area (Å²) in [4.78, 5) is 0. The van der Waals surface area contributed by atoms with E-state index in [1.54, 1.807) is 0 Å². The third-order valence-corrected chi connectivity index (χ3v) is 3.23. The molecule has 1 heterocycles. The molecule has 1 aliphatic carbocycles. The molecule has 1 saturated carbocycles. The van der Waals surface area contributed by atoms with Crippen molar-refractivity contribution in [2.75, 3.05) is 6.61 Å². The predicted octanol–water partition coefficient (Wildman–Crippen LogP) is 1.33. The van der Waals surface area contributed by atoms with Gasteiger partial charge in [0.15, 0.2) is 0 Å². The van der Waals surface area contributed by atoms with E-state index in [2.05, 4.69) is 0 Å². The highest BCUT2D eigenvalue weighted by Crippen LogP contribution is 2.54. The van der Waals surface area contributed by atoms with Crippen molar-refractivity contribution < 1.29 is 9.84 Å². The van der Waals surface area contributed by atoms with Gasteiger partial charge in [0.1, 0.15) is 0 Å². The second-order valence-corrected chi connectivity index (χ2v) is 3.91. The van der Waals surface area contributed by atoms with Gasteiger partial charge in [-0.25, -0.2) is 0 Å². The molecule has 2 heteroatoms. The van der Waals surface area contributed by atoms with E-state index in [1.807, 2.05) is 6.92 Å². The second kappa shape index (κ2) is 2.46. The Kier molecular flexibility index (Phi) is 1.69. The maximum absolute atomic E-state index is 9.52. The van der Waals surface area contributed by atoms with Crippen LogP contribution < -0.4 is 0 Å². The molecule has 0 aromatic rings. The zero-order valence-electron chi connectivity index (χ0n) is 7.05. The number of rotatable bonds is 2. The van der Waals surface area contributed by atoms with Gasteiger partial charge in [0.2, 0.25) is 0 Å². The van der Waals surface area contributed by atoms with Crippen LogP contribution in [0.2, 0.25) is 0 Å². The van der Waals surface area contributed by atoms with Gasteiger partial charge in [0.05, 0.1) is 12.2 Å². The van der Waals surface area contributed by atoms with E-state index in [4.69, 9.17) is 4.74 Å². The van der Waals surface area contributed by atoms with Crippen molar-refractivity contribution in [1.29, 1.82) is 0 Å². The Morgan fingerprint density at radius 2 is 2.27 bits per heavy atom. The first-order chi connectivity index (χ1) is 5.26. The Labute approximate surface area is 67.6 Å². The minimum absolute atomic E-state index is 0.163. The minimum Gasteiger partial charge on any atom is -0.393 e. The van der Waals surface area contributed by atoms with E-state index >= 15 is 0 Å². The van der Waals surface area contributed by atoms with Gasteiger partial charge < -0.3 is 9.84 Å². The fraction of sp³-hybridized carbons (Fsp3) is 1.00. The Hall–Kier alpha value is -0.0800. The highest BCUT2D eigenvalue weighted by Gasteiger charge is 2.54. The van der Waals surface area contributed by atoms with E-state index in [0.29, 0.717) is 6.10 Å². The first-order valence-corrected chi connectivity index (χ1v) is 4.55. The first kappa shape index (κ1) is 7.56. The number of hydrogen-bond acceptors (Lipinski definition) is 2. The number of aliphatic hydroxyl groups is 1. The number of hydrogen-bond donors (Lipinski definition) is 1. The molecule has 0 radical (unpaired) electrons. The predicted molar refractivity (Wildman–Crippen MR) is 42.3 cm³/mol. The molecule has 0 bridgehead atoms. The molecule has 1 saturated heterocycles. The Morgan fingerprint density at radius 3 is 2.64 bits per heavy atom. The molecule has 11 heavy (non-hydrogen) atoms. The molecule has 0 amide bonds. The van der Waals surface area contributed by atoms with Gasteiger partial charge in [0.25, 0.3) is 0 Å². The summed E-state index contributed by atoms with van der Waals surface area (Å²) in [6.45, 7) is 2.80. The molecule has 64 valence electrons. The van der Waals surface area contributed by atoms with Gasteiger partial charge in [-0.15, -0.1) is 0 Å². The third kappa shape index (κ3) is 1.09. The van der Waals surface area contributed by atoms with Crippen LogP contribution in [0.3, 0.4) is 0 Å². The highest BCUT2D eigenvalue weighted by molar-refractivity contribution is 5.04. The fourth-order valence-corrected chi connectivity index (χ4v) is 2.18. The second-order valence-electron chi connectivity index (χ2n) is 3.91. The molecule has 0 spiro atoms. The summed E-state index contributed by atoms with van der Waals surface area (Å²) < 4.78 is 5.58. The van der Waals surface area contributed by atoms with Gasteiger partial charge in [-0.1, -0.05) is 0 Å². The summed E-state index contributed by atoms with van der Waals surface area (Å²) in [6, 6.07) is 0. The summed E-state index contributed by atoms with van der Waals surface area (Å²) in [5.41, 5.74) is 0.163. The van der Waals surface area contributed by atoms with Crippen molar-refractivity contribution in [3.63, 3.8) is 0 Å². The van der Waals surface area contributed by atoms with Crippen molar-refractivity contribution in [3.8, 4) is 0 Å². The van der Waals surface area contributed by atoms with Crippen molar-refractivity contribution in [2.45, 2.75) is 44.8 Å². The molecule has 2 unspecified atom stereocenters. The lowest BCUT2D eigenvalue weighted by Gasteiger charge is -2.24. The van der Waals surface area contributed by atoms with Crippen LogP contribution in [0, 0.1) is 5.41 Å². The average Bonchev–Trinajstić information content (AvgIpc) is 2.61. The van der Waals surface area contributed by atoms with E-state index < -0.39 is 0 Å². The molecule has 2 aliphatic rings. The molecule has 2 nitrogen and oxygen atoms in total. The van der Waals surface area contributed by atoms with E-state index in [0.717, 1.165) is 25.9 Å². The van der Waals surface area contributed by atoms with E-state index in [1.165, 1.54) is 6.42 Å². The largest absolute Gasteiger partial charge is 0.393 e. The molecule has 2 atom stereocenters. The SMILES string of the molecule is CC(O)C1(C2CCCO2)CC1. The van der Waals surface area contributed by atoms with E-state index in [9.17, 15) is 5.11 Å². The van der Waals surface area contributed by atoms with Crippen LogP contribution in [0.4, 0.5) is 0 Å². The quantitative estimate of drug-likeness (QED) is 0.653. The maximum atomic E-state index is 9.52. The lowest BCUT2D eigenvalue weighted by molar-refractivity contribution is -0.0132. The Morgan fingerprint density at radius 1 is 1.55 bits per heavy atom. The molecule has 2 rings (SSSR count). The molecule has 0 aromatic heterocycles. The van der Waals surface area contributed by atoms with Crippen LogP contribution >= 0.6 is 0 Å². The normalized spacial score (nSPS) is 37.1. The van der Waals surface area contributed by atoms with Crippen molar-refractivity contribution in [1.82, 2.24) is 0 Å². The summed E-state index contributed by atoms with van der Waals surface area (Å²) in [7, 11) is 0. The first-order valence-electron chi connectivity index (χ1n) is 4.55. The number of ether oxygens (including phenoxy) is 1. The Balaban J connectivity index is 2.01. The van der Waals surface area contributed by atoms with Crippen molar-refractivity contribution in [3.05, 3.63) is 0 Å². The van der Waals surface area contributed by atoms with Crippen LogP contribution in [-0.2, 0) is 4.74 Å². The average molecular weight is 156 g/mol. The molecular formula is C9H16O2. The van der Waals surface area contributed by atoms with Crippen LogP contribution in [0.25, 0.3) is 0 Å². The van der Waals surface area contributed by atoms with Gasteiger partial charge in [-0.05, 0) is 32.6 Å². The molecule has 0 aromatic carbocycles. The van der Waals surface area contributed by atoms with Crippen molar-refractivity contribution in [2.24, 2.45) is 5.41 Å². The zero-order valence-corrected chi connectivity index (χ0v) is 7.05. The van der Waals surface area contributed by atoms with Gasteiger partial charge in [-0.2, -0.15) is 0 Å². The molecule has 1 N–H and O–H groups in total. The lowest BCUT2D eigenvalue weighted by atomic mass is 9.91. The van der Waals surface area contributed by atoms with Gasteiger partial charge in [-0.3, -0.25) is 0 Å². The van der Waals surface area contributed by atoms with Crippen LogP contribution in [0.5, 0.6) is 0 Å².